The molecule has 40 heavy (non-hydrogen) atoms. The minimum Gasteiger partial charge on any atom is -0.497 e. The number of carbonyl (C=O) groups is 2. The number of hydrogen-bond donors (Lipinski definition) is 0. The maximum atomic E-state index is 13.6. The van der Waals surface area contributed by atoms with Gasteiger partial charge in [-0.15, -0.1) is 0 Å². The van der Waals surface area contributed by atoms with Gasteiger partial charge < -0.3 is 23.8 Å². The van der Waals surface area contributed by atoms with Crippen molar-refractivity contribution >= 4 is 11.8 Å². The normalized spacial score (nSPS) is 21.9. The molecule has 8 nitrogen and oxygen atoms in total. The average Bonchev–Trinajstić information content (AvgIpc) is 3.33. The molecule has 6 rings (SSSR count). The van der Waals surface area contributed by atoms with E-state index in [1.165, 1.54) is 4.90 Å². The minimum absolute atomic E-state index is 0.0894. The van der Waals surface area contributed by atoms with Crippen LogP contribution in [0.25, 0.3) is 0 Å². The van der Waals surface area contributed by atoms with Gasteiger partial charge in [-0.3, -0.25) is 14.5 Å². The molecule has 1 unspecified atom stereocenters. The van der Waals surface area contributed by atoms with E-state index in [9.17, 15) is 9.59 Å². The Morgan fingerprint density at radius 2 is 1.10 bits per heavy atom. The van der Waals surface area contributed by atoms with Crippen molar-refractivity contribution in [2.75, 3.05) is 21.3 Å². The first-order valence-corrected chi connectivity index (χ1v) is 13.7. The lowest BCUT2D eigenvalue weighted by Crippen LogP contribution is -2.50. The zero-order valence-electron chi connectivity index (χ0n) is 23.1. The summed E-state index contributed by atoms with van der Waals surface area (Å²) in [5.41, 5.74) is 2.62. The number of piperidine rings is 1. The van der Waals surface area contributed by atoms with Crippen molar-refractivity contribution in [2.24, 2.45) is 0 Å². The molecule has 3 aromatic carbocycles. The lowest BCUT2D eigenvalue weighted by atomic mass is 9.96. The fourth-order valence-corrected chi connectivity index (χ4v) is 6.18. The molecule has 2 saturated heterocycles. The SMILES string of the molecule is COc1ccc(COc2cc3c(cc2OCc2ccc(OC)cc2)C(=O)N(C2C[C@H]4CC[C@@H](C2)N4C)C3=O)cc1. The third-order valence-corrected chi connectivity index (χ3v) is 8.53. The van der Waals surface area contributed by atoms with Crippen LogP contribution in [-0.4, -0.2) is 61.0 Å². The maximum Gasteiger partial charge on any atom is 0.261 e. The van der Waals surface area contributed by atoms with Crippen LogP contribution in [0.3, 0.4) is 0 Å². The van der Waals surface area contributed by atoms with Crippen LogP contribution in [0.1, 0.15) is 57.5 Å². The van der Waals surface area contributed by atoms with Crippen molar-refractivity contribution in [2.45, 2.75) is 57.0 Å². The summed E-state index contributed by atoms with van der Waals surface area (Å²) in [7, 11) is 5.40. The molecule has 3 aromatic rings. The van der Waals surface area contributed by atoms with E-state index < -0.39 is 0 Å². The van der Waals surface area contributed by atoms with Gasteiger partial charge in [-0.1, -0.05) is 24.3 Å². The number of amides is 2. The average molecular weight is 543 g/mol. The fraction of sp³-hybridized carbons (Fsp3) is 0.375. The molecule has 208 valence electrons. The van der Waals surface area contributed by atoms with Crippen LogP contribution >= 0.6 is 0 Å². The van der Waals surface area contributed by atoms with Gasteiger partial charge in [0.25, 0.3) is 11.8 Å². The molecular weight excluding hydrogens is 508 g/mol. The van der Waals surface area contributed by atoms with Gasteiger partial charge in [-0.05, 0) is 80.3 Å². The van der Waals surface area contributed by atoms with Crippen LogP contribution in [0.5, 0.6) is 23.0 Å². The highest BCUT2D eigenvalue weighted by molar-refractivity contribution is 6.22. The summed E-state index contributed by atoms with van der Waals surface area (Å²) in [6.07, 6.45) is 3.88. The highest BCUT2D eigenvalue weighted by Crippen LogP contribution is 2.41. The largest absolute Gasteiger partial charge is 0.497 e. The molecule has 0 radical (unpaired) electrons. The van der Waals surface area contributed by atoms with E-state index in [1.54, 1.807) is 26.4 Å². The highest BCUT2D eigenvalue weighted by Gasteiger charge is 2.47. The molecule has 0 saturated carbocycles. The molecule has 2 amide bonds. The predicted molar refractivity (Wildman–Crippen MR) is 149 cm³/mol. The third kappa shape index (κ3) is 4.88. The zero-order chi connectivity index (χ0) is 27.8. The summed E-state index contributed by atoms with van der Waals surface area (Å²) < 4.78 is 22.9. The Labute approximate surface area is 234 Å². The number of nitrogens with zero attached hydrogens (tertiary/aromatic N) is 2. The van der Waals surface area contributed by atoms with Crippen molar-refractivity contribution < 1.29 is 28.5 Å². The number of fused-ring (bicyclic) bond motifs is 3. The number of rotatable bonds is 9. The van der Waals surface area contributed by atoms with Crippen LogP contribution in [0.15, 0.2) is 60.7 Å². The van der Waals surface area contributed by atoms with Gasteiger partial charge in [-0.25, -0.2) is 0 Å². The van der Waals surface area contributed by atoms with Gasteiger partial charge in [-0.2, -0.15) is 0 Å². The zero-order valence-corrected chi connectivity index (χ0v) is 23.1. The van der Waals surface area contributed by atoms with E-state index in [0.29, 0.717) is 34.7 Å². The number of benzene rings is 3. The van der Waals surface area contributed by atoms with Crippen LogP contribution in [0, 0.1) is 0 Å². The lowest BCUT2D eigenvalue weighted by molar-refractivity contribution is 0.0439. The highest BCUT2D eigenvalue weighted by atomic mass is 16.5. The molecule has 0 spiro atoms. The van der Waals surface area contributed by atoms with E-state index in [1.807, 2.05) is 48.5 Å². The van der Waals surface area contributed by atoms with E-state index in [2.05, 4.69) is 11.9 Å². The topological polar surface area (TPSA) is 77.5 Å². The Bertz CT molecular complexity index is 1300. The van der Waals surface area contributed by atoms with Crippen LogP contribution in [0.2, 0.25) is 0 Å². The van der Waals surface area contributed by atoms with Crippen molar-refractivity contribution in [3.63, 3.8) is 0 Å². The second-order valence-electron chi connectivity index (χ2n) is 10.8. The van der Waals surface area contributed by atoms with Gasteiger partial charge in [0, 0.05) is 18.1 Å². The monoisotopic (exact) mass is 542 g/mol. The first kappa shape index (κ1) is 26.2. The molecular formula is C32H34N2O6. The second-order valence-corrected chi connectivity index (χ2v) is 10.8. The summed E-state index contributed by atoms with van der Waals surface area (Å²) in [6, 6.07) is 19.3. The molecule has 2 bridgehead atoms. The molecule has 8 heteroatoms. The van der Waals surface area contributed by atoms with Crippen molar-refractivity contribution in [1.29, 1.82) is 0 Å². The number of methoxy groups -OCH3 is 2. The van der Waals surface area contributed by atoms with Crippen molar-refractivity contribution in [1.82, 2.24) is 9.80 Å². The Morgan fingerprint density at radius 1 is 0.675 bits per heavy atom. The Kier molecular flexibility index (Phi) is 7.11. The third-order valence-electron chi connectivity index (χ3n) is 8.53. The van der Waals surface area contributed by atoms with E-state index in [0.717, 1.165) is 48.3 Å². The predicted octanol–water partition coefficient (Wildman–Crippen LogP) is 5.08. The van der Waals surface area contributed by atoms with E-state index in [4.69, 9.17) is 18.9 Å². The summed E-state index contributed by atoms with van der Waals surface area (Å²) in [6.45, 7) is 0.539. The summed E-state index contributed by atoms with van der Waals surface area (Å²) in [4.78, 5) is 31.2. The first-order chi connectivity index (χ1) is 19.4. The van der Waals surface area contributed by atoms with Gasteiger partial charge in [0.2, 0.25) is 0 Å². The lowest BCUT2D eigenvalue weighted by Gasteiger charge is -2.39. The molecule has 3 aliphatic rings. The molecule has 3 heterocycles. The molecule has 2 fully saturated rings. The molecule has 0 N–H and O–H groups in total. The van der Waals surface area contributed by atoms with Crippen LogP contribution in [-0.2, 0) is 13.2 Å². The van der Waals surface area contributed by atoms with Gasteiger partial charge in [0.15, 0.2) is 11.5 Å². The second kappa shape index (κ2) is 10.8. The fourth-order valence-electron chi connectivity index (χ4n) is 6.18. The molecule has 0 aromatic heterocycles. The Hall–Kier alpha value is -4.04. The van der Waals surface area contributed by atoms with Crippen molar-refractivity contribution in [3.05, 3.63) is 82.9 Å². The summed E-state index contributed by atoms with van der Waals surface area (Å²) in [5, 5.41) is 0. The van der Waals surface area contributed by atoms with Crippen LogP contribution < -0.4 is 18.9 Å². The van der Waals surface area contributed by atoms with Crippen LogP contribution in [0.4, 0.5) is 0 Å². The number of hydrogen-bond acceptors (Lipinski definition) is 7. The summed E-state index contributed by atoms with van der Waals surface area (Å²) in [5.74, 6) is 1.88. The number of ether oxygens (including phenoxy) is 4. The number of carbonyl (C=O) groups excluding carboxylic acids is 2. The molecule has 3 atom stereocenters. The van der Waals surface area contributed by atoms with Gasteiger partial charge >= 0.3 is 0 Å². The number of imide groups is 1. The van der Waals surface area contributed by atoms with Gasteiger partial charge in [0.05, 0.1) is 25.3 Å². The standard InChI is InChI=1S/C32H34N2O6/c1-33-22-8-9-23(33)15-24(14-22)34-31(35)27-16-29(39-18-20-4-10-25(37-2)11-5-20)30(17-28(27)32(34)36)40-19-21-6-12-26(38-3)13-7-21/h4-7,10-13,16-17,22-24H,8-9,14-15,18-19H2,1-3H3/t22-,23+,24?. The quantitative estimate of drug-likeness (QED) is 0.349. The van der Waals surface area contributed by atoms with Crippen molar-refractivity contribution in [3.8, 4) is 23.0 Å². The Morgan fingerprint density at radius 3 is 1.50 bits per heavy atom. The Balaban J connectivity index is 1.27. The van der Waals surface area contributed by atoms with Gasteiger partial charge in [0.1, 0.15) is 24.7 Å². The minimum atomic E-state index is -0.245. The summed E-state index contributed by atoms with van der Waals surface area (Å²) >= 11 is 0. The molecule has 3 aliphatic heterocycles. The smallest absolute Gasteiger partial charge is 0.261 e. The van der Waals surface area contributed by atoms with E-state index >= 15 is 0 Å². The first-order valence-electron chi connectivity index (χ1n) is 13.7. The molecule has 0 aliphatic carbocycles. The maximum absolute atomic E-state index is 13.6. The van der Waals surface area contributed by atoms with E-state index in [-0.39, 0.29) is 31.1 Å².